The lowest BCUT2D eigenvalue weighted by molar-refractivity contribution is -0.152. The molecule has 5 atom stereocenters. The maximum Gasteiger partial charge on any atom is 0.415 e. The Hall–Kier alpha value is -3.63. The van der Waals surface area contributed by atoms with Gasteiger partial charge < -0.3 is 29.5 Å². The van der Waals surface area contributed by atoms with Gasteiger partial charge >= 0.3 is 12.2 Å². The van der Waals surface area contributed by atoms with Crippen molar-refractivity contribution in [2.45, 2.75) is 62.4 Å². The lowest BCUT2D eigenvalue weighted by Gasteiger charge is -2.59. The van der Waals surface area contributed by atoms with Crippen molar-refractivity contribution in [3.63, 3.8) is 0 Å². The van der Waals surface area contributed by atoms with Crippen LogP contribution in [0.25, 0.3) is 0 Å². The van der Waals surface area contributed by atoms with Crippen LogP contribution in [0.4, 0.5) is 9.59 Å². The van der Waals surface area contributed by atoms with E-state index in [1.54, 1.807) is 13.1 Å². The van der Waals surface area contributed by atoms with Gasteiger partial charge in [0.2, 0.25) is 0 Å². The first-order chi connectivity index (χ1) is 20.3. The van der Waals surface area contributed by atoms with E-state index in [0.717, 1.165) is 48.5 Å². The molecule has 2 N–H and O–H groups in total. The largest absolute Gasteiger partial charge is 0.477 e. The van der Waals surface area contributed by atoms with Crippen LogP contribution in [-0.4, -0.2) is 84.4 Å². The number of ether oxygens (including phenoxy) is 3. The fraction of sp³-hybridized carbons (Fsp3) is 0.531. The van der Waals surface area contributed by atoms with Gasteiger partial charge in [0.05, 0.1) is 11.5 Å². The first-order valence-electron chi connectivity index (χ1n) is 15.0. The molecule has 2 amide bonds. The van der Waals surface area contributed by atoms with E-state index in [1.807, 2.05) is 36.4 Å². The maximum absolute atomic E-state index is 13.3. The van der Waals surface area contributed by atoms with E-state index < -0.39 is 29.8 Å². The molecule has 1 unspecified atom stereocenters. The normalized spacial score (nSPS) is 28.9. The third kappa shape index (κ3) is 4.61. The molecule has 42 heavy (non-hydrogen) atoms. The van der Waals surface area contributed by atoms with Gasteiger partial charge in [-0.05, 0) is 55.3 Å². The number of likely N-dealkylation sites (tertiary alicyclic amines) is 1. The number of amides is 2. The van der Waals surface area contributed by atoms with Crippen molar-refractivity contribution in [3.05, 3.63) is 59.2 Å². The molecule has 2 aliphatic heterocycles. The number of rotatable bonds is 8. The van der Waals surface area contributed by atoms with Gasteiger partial charge in [0.25, 0.3) is 0 Å². The zero-order valence-electron chi connectivity index (χ0n) is 23.8. The number of nitrogens with one attached hydrogen (secondary N) is 1. The number of piperidine rings is 1. The van der Waals surface area contributed by atoms with Gasteiger partial charge in [-0.2, -0.15) is 0 Å². The Kier molecular flexibility index (Phi) is 6.85. The summed E-state index contributed by atoms with van der Waals surface area (Å²) in [5.41, 5.74) is 2.35. The van der Waals surface area contributed by atoms with E-state index >= 15 is 0 Å². The highest BCUT2D eigenvalue weighted by Gasteiger charge is 2.68. The van der Waals surface area contributed by atoms with E-state index in [9.17, 15) is 19.5 Å². The number of nitrogens with zero attached hydrogens (tertiary/aromatic N) is 2. The molecule has 3 aliphatic carbocycles. The first kappa shape index (κ1) is 27.2. The summed E-state index contributed by atoms with van der Waals surface area (Å²) in [6.07, 6.45) is 1.59. The zero-order valence-corrected chi connectivity index (χ0v) is 23.8. The molecule has 1 saturated heterocycles. The number of hydrogen-bond acceptors (Lipinski definition) is 8. The summed E-state index contributed by atoms with van der Waals surface area (Å²) in [5, 5.41) is 13.9. The summed E-state index contributed by atoms with van der Waals surface area (Å²) in [6, 6.07) is 13.3. The molecule has 7 rings (SSSR count). The number of carbonyl (C=O) groups excluding carboxylic acids is 3. The van der Waals surface area contributed by atoms with E-state index in [4.69, 9.17) is 14.2 Å². The van der Waals surface area contributed by atoms with Crippen LogP contribution in [0.15, 0.2) is 42.5 Å². The van der Waals surface area contributed by atoms with Crippen LogP contribution in [0.1, 0.15) is 42.4 Å². The number of hydrogen-bond donors (Lipinski definition) is 2. The Balaban J connectivity index is 1.04. The zero-order chi connectivity index (χ0) is 29.0. The monoisotopic (exact) mass is 575 g/mol. The third-order valence-electron chi connectivity index (χ3n) is 9.84. The predicted octanol–water partition coefficient (Wildman–Crippen LogP) is 3.03. The number of benzene rings is 2. The highest BCUT2D eigenvalue weighted by molar-refractivity contribution is 5.90. The highest BCUT2D eigenvalue weighted by atomic mass is 16.6. The van der Waals surface area contributed by atoms with Crippen LogP contribution in [0, 0.1) is 11.8 Å². The molecule has 10 nitrogen and oxygen atoms in total. The van der Waals surface area contributed by atoms with Crippen molar-refractivity contribution < 1.29 is 33.7 Å². The highest BCUT2D eigenvalue weighted by Crippen LogP contribution is 2.63. The van der Waals surface area contributed by atoms with Gasteiger partial charge in [-0.15, -0.1) is 0 Å². The second-order valence-corrected chi connectivity index (χ2v) is 12.5. The van der Waals surface area contributed by atoms with E-state index in [0.29, 0.717) is 5.75 Å². The smallest absolute Gasteiger partial charge is 0.415 e. The Morgan fingerprint density at radius 3 is 2.76 bits per heavy atom. The van der Waals surface area contributed by atoms with Crippen LogP contribution < -0.4 is 14.8 Å². The Morgan fingerprint density at radius 2 is 1.98 bits per heavy atom. The number of alkyl carbamates (subject to hydrolysis) is 1. The van der Waals surface area contributed by atoms with Crippen molar-refractivity contribution in [3.8, 4) is 11.5 Å². The Labute approximate surface area is 244 Å². The van der Waals surface area contributed by atoms with Crippen molar-refractivity contribution in [2.24, 2.45) is 11.8 Å². The van der Waals surface area contributed by atoms with E-state index in [-0.39, 0.29) is 49.6 Å². The molecule has 222 valence electrons. The third-order valence-corrected chi connectivity index (χ3v) is 9.84. The molecule has 0 radical (unpaired) electrons. The molecular weight excluding hydrogens is 538 g/mol. The van der Waals surface area contributed by atoms with Crippen LogP contribution in [0.3, 0.4) is 0 Å². The summed E-state index contributed by atoms with van der Waals surface area (Å²) in [5.74, 6) is 1.30. The summed E-state index contributed by atoms with van der Waals surface area (Å²) < 4.78 is 17.4. The standard InChI is InChI=1S/C32H37N3O7/c1-34(14-12-33-30(38)40-18-20-5-3-2-4-6-20)31(39)41-25-10-9-21-15-22-27-23(36)16-24(37)29-32(27,26(21)28(25)42-29)11-13-35(22)17-19-7-8-19/h2-6,9-10,19,22-23,27,29,36H,7-8,11-18H2,1H3,(H,33,38)/t22-,23+,27?,29+,32-/m1/s1. The van der Waals surface area contributed by atoms with Gasteiger partial charge in [0.15, 0.2) is 23.4 Å². The summed E-state index contributed by atoms with van der Waals surface area (Å²) >= 11 is 0. The van der Waals surface area contributed by atoms with Gasteiger partial charge in [0, 0.05) is 50.6 Å². The number of carbonyl (C=O) groups is 3. The van der Waals surface area contributed by atoms with Gasteiger partial charge in [0.1, 0.15) is 6.61 Å². The van der Waals surface area contributed by atoms with Gasteiger partial charge in [-0.3, -0.25) is 9.69 Å². The summed E-state index contributed by atoms with van der Waals surface area (Å²) in [4.78, 5) is 42.3. The van der Waals surface area contributed by atoms with Crippen LogP contribution in [0.2, 0.25) is 0 Å². The topological polar surface area (TPSA) is 118 Å². The maximum atomic E-state index is 13.3. The Morgan fingerprint density at radius 1 is 1.17 bits per heavy atom. The predicted molar refractivity (Wildman–Crippen MR) is 151 cm³/mol. The second-order valence-electron chi connectivity index (χ2n) is 12.5. The molecule has 2 saturated carbocycles. The Bertz CT molecular complexity index is 1400. The van der Waals surface area contributed by atoms with Crippen LogP contribution in [-0.2, 0) is 28.0 Å². The lowest BCUT2D eigenvalue weighted by atomic mass is 9.51. The van der Waals surface area contributed by atoms with Crippen molar-refractivity contribution in [1.82, 2.24) is 15.1 Å². The minimum Gasteiger partial charge on any atom is -0.477 e. The average Bonchev–Trinajstić information content (AvgIpc) is 3.73. The molecule has 2 aromatic carbocycles. The molecule has 2 bridgehead atoms. The van der Waals surface area contributed by atoms with Crippen LogP contribution >= 0.6 is 0 Å². The molecule has 2 aromatic rings. The van der Waals surface area contributed by atoms with E-state index in [2.05, 4.69) is 10.2 Å². The van der Waals surface area contributed by atoms with Crippen molar-refractivity contribution >= 4 is 18.0 Å². The summed E-state index contributed by atoms with van der Waals surface area (Å²) in [7, 11) is 1.59. The molecule has 3 fully saturated rings. The summed E-state index contributed by atoms with van der Waals surface area (Å²) in [6.45, 7) is 2.47. The molecule has 10 heteroatoms. The van der Waals surface area contributed by atoms with Gasteiger partial charge in [-0.25, -0.2) is 9.59 Å². The number of likely N-dealkylation sites (N-methyl/N-ethyl adjacent to an activating group) is 1. The SMILES string of the molecule is CN(CCNC(=O)OCc1ccccc1)C(=O)Oc1ccc2c3c1O[C@H]1C(=O)C[C@H](O)C4[C@@H](C2)N(CC2CC2)CC[C@@]341. The fourth-order valence-corrected chi connectivity index (χ4v) is 7.76. The quantitative estimate of drug-likeness (QED) is 0.494. The second kappa shape index (κ2) is 10.6. The lowest BCUT2D eigenvalue weighted by Crippen LogP contribution is -2.70. The molecular formula is C32H37N3O7. The van der Waals surface area contributed by atoms with Gasteiger partial charge in [-0.1, -0.05) is 36.4 Å². The minimum atomic E-state index is -0.715. The number of ketones is 1. The number of Topliss-reactive ketones (excluding diaryl/α,β-unsaturated/α-hetero) is 1. The molecule has 2 heterocycles. The van der Waals surface area contributed by atoms with Crippen molar-refractivity contribution in [2.75, 3.05) is 33.2 Å². The van der Waals surface area contributed by atoms with E-state index in [1.165, 1.54) is 17.7 Å². The van der Waals surface area contributed by atoms with Crippen LogP contribution in [0.5, 0.6) is 11.5 Å². The molecule has 0 aromatic heterocycles. The molecule has 5 aliphatic rings. The first-order valence-corrected chi connectivity index (χ1v) is 15.0. The average molecular weight is 576 g/mol. The molecule has 1 spiro atoms. The fourth-order valence-electron chi connectivity index (χ4n) is 7.76. The minimum absolute atomic E-state index is 0.0863. The number of aliphatic hydroxyl groups is 1. The number of aliphatic hydroxyl groups excluding tert-OH is 1. The van der Waals surface area contributed by atoms with Crippen molar-refractivity contribution in [1.29, 1.82) is 0 Å².